The molecule has 6 heterocycles. The van der Waals surface area contributed by atoms with Gasteiger partial charge < -0.3 is 19.5 Å². The number of carbonyl (C=O) groups is 1. The third kappa shape index (κ3) is 7.40. The van der Waals surface area contributed by atoms with Crippen LogP contribution in [0.15, 0.2) is 55.6 Å². The first kappa shape index (κ1) is 36.7. The first-order chi connectivity index (χ1) is 26.1. The van der Waals surface area contributed by atoms with E-state index in [1.54, 1.807) is 45.8 Å². The number of fused-ring (bicyclic) bond motifs is 4. The molecule has 0 spiro atoms. The highest BCUT2D eigenvalue weighted by atomic mass is 35.5. The molecule has 1 aromatic carbocycles. The van der Waals surface area contributed by atoms with Crippen LogP contribution in [0.2, 0.25) is 5.15 Å². The van der Waals surface area contributed by atoms with Crippen LogP contribution in [0.25, 0.3) is 22.3 Å². The number of aromatic nitrogens is 8. The molecular weight excluding hydrogens is 770 g/mol. The molecule has 54 heavy (non-hydrogen) atoms. The fraction of sp³-hybridized carbons (Fsp3) is 0.419. The maximum atomic E-state index is 14.2. The molecule has 2 unspecified atom stereocenters. The van der Waals surface area contributed by atoms with Gasteiger partial charge in [0.15, 0.2) is 27.8 Å². The number of amides is 1. The van der Waals surface area contributed by atoms with Gasteiger partial charge in [0.2, 0.25) is 0 Å². The quantitative estimate of drug-likeness (QED) is 0.129. The molecule has 5 aromatic rings. The normalized spacial score (nSPS) is 30.2. The molecule has 2 saturated heterocycles. The smallest absolute Gasteiger partial charge is 0.349 e. The number of benzene rings is 1. The summed E-state index contributed by atoms with van der Waals surface area (Å²) < 4.78 is 65.5. The fourth-order valence-electron chi connectivity index (χ4n) is 6.70. The van der Waals surface area contributed by atoms with E-state index in [1.807, 2.05) is 6.07 Å². The Balaban J connectivity index is 1.04. The van der Waals surface area contributed by atoms with E-state index in [4.69, 9.17) is 44.2 Å². The Morgan fingerprint density at radius 2 is 1.69 bits per heavy atom. The molecular formula is C31H31ClN10O10P2. The van der Waals surface area contributed by atoms with Gasteiger partial charge in [-0.15, -0.1) is 0 Å². The average Bonchev–Trinajstić information content (AvgIpc) is 3.88. The molecule has 20 nitrogen and oxygen atoms in total. The van der Waals surface area contributed by atoms with Gasteiger partial charge in [0.05, 0.1) is 51.6 Å². The predicted molar refractivity (Wildman–Crippen MR) is 186 cm³/mol. The lowest BCUT2D eigenvalue weighted by atomic mass is 9.70. The van der Waals surface area contributed by atoms with Gasteiger partial charge in [-0.2, -0.15) is 5.26 Å². The second kappa shape index (κ2) is 15.1. The summed E-state index contributed by atoms with van der Waals surface area (Å²) in [6.45, 7) is -1.16. The number of carbonyl (C=O) groups excluding carboxylic acids is 1. The lowest BCUT2D eigenvalue weighted by Crippen LogP contribution is -2.43. The number of anilines is 1. The first-order valence-electron chi connectivity index (χ1n) is 16.7. The summed E-state index contributed by atoms with van der Waals surface area (Å²) >= 11 is 6.21. The van der Waals surface area contributed by atoms with Crippen LogP contribution in [0.3, 0.4) is 0 Å². The van der Waals surface area contributed by atoms with Gasteiger partial charge in [0.25, 0.3) is 5.91 Å². The van der Waals surface area contributed by atoms with Crippen molar-refractivity contribution in [3.63, 3.8) is 0 Å². The highest BCUT2D eigenvalue weighted by molar-refractivity contribution is 7.48. The Hall–Kier alpha value is -4.25. The van der Waals surface area contributed by atoms with Crippen LogP contribution in [0.1, 0.15) is 41.9 Å². The van der Waals surface area contributed by atoms with Crippen molar-refractivity contribution in [2.45, 2.75) is 43.7 Å². The van der Waals surface area contributed by atoms with Crippen molar-refractivity contribution < 1.29 is 46.2 Å². The molecule has 0 radical (unpaired) electrons. The number of hydrogen-bond acceptors (Lipinski definition) is 16. The average molecular weight is 801 g/mol. The van der Waals surface area contributed by atoms with Gasteiger partial charge in [-0.25, -0.2) is 39.0 Å². The minimum absolute atomic E-state index is 0.00694. The van der Waals surface area contributed by atoms with Crippen LogP contribution in [-0.4, -0.2) is 88.5 Å². The van der Waals surface area contributed by atoms with Gasteiger partial charge in [-0.3, -0.25) is 32.0 Å². The number of imidazole rings is 2. The Morgan fingerprint density at radius 3 is 2.50 bits per heavy atom. The monoisotopic (exact) mass is 800 g/mol. The molecule has 4 aromatic heterocycles. The van der Waals surface area contributed by atoms with Crippen LogP contribution in [-0.2, 0) is 36.5 Å². The highest BCUT2D eigenvalue weighted by Gasteiger charge is 2.49. The number of ether oxygens (including phenoxy) is 1. The largest absolute Gasteiger partial charge is 0.475 e. The summed E-state index contributed by atoms with van der Waals surface area (Å²) in [5, 5.41) is 12.1. The minimum Gasteiger partial charge on any atom is -0.349 e. The van der Waals surface area contributed by atoms with E-state index in [1.165, 1.54) is 19.0 Å². The molecule has 8 rings (SSSR count). The molecule has 1 saturated carbocycles. The zero-order valence-electron chi connectivity index (χ0n) is 28.0. The van der Waals surface area contributed by atoms with Crippen molar-refractivity contribution >= 4 is 61.3 Å². The van der Waals surface area contributed by atoms with Crippen molar-refractivity contribution in [1.29, 1.82) is 5.26 Å². The van der Waals surface area contributed by atoms with Gasteiger partial charge in [0, 0.05) is 23.9 Å². The number of nitrogens with zero attached hydrogens (tertiary/aromatic N) is 9. The van der Waals surface area contributed by atoms with E-state index in [-0.39, 0.29) is 61.1 Å². The van der Waals surface area contributed by atoms with E-state index < -0.39 is 52.5 Å². The number of nitriles is 1. The van der Waals surface area contributed by atoms with Gasteiger partial charge >= 0.3 is 15.6 Å². The highest BCUT2D eigenvalue weighted by Crippen LogP contribution is 2.57. The second-order valence-electron chi connectivity index (χ2n) is 12.6. The lowest BCUT2D eigenvalue weighted by Gasteiger charge is -2.45. The molecule has 282 valence electrons. The second-order valence-corrected chi connectivity index (χ2v) is 16.1. The molecule has 1 aliphatic carbocycles. The summed E-state index contributed by atoms with van der Waals surface area (Å²) in [5.74, 6) is -1.04. The molecule has 3 fully saturated rings. The molecule has 0 bridgehead atoms. The zero-order chi connectivity index (χ0) is 37.5. The lowest BCUT2D eigenvalue weighted by molar-refractivity contribution is -0.0451. The minimum atomic E-state index is -4.67. The number of nitrogens with one attached hydrogen (secondary N) is 1. The van der Waals surface area contributed by atoms with E-state index in [0.29, 0.717) is 28.8 Å². The van der Waals surface area contributed by atoms with Crippen molar-refractivity contribution in [2.24, 2.45) is 11.8 Å². The maximum absolute atomic E-state index is 14.2. The van der Waals surface area contributed by atoms with Gasteiger partial charge in [-0.1, -0.05) is 29.8 Å². The fourth-order valence-corrected chi connectivity index (χ4v) is 9.08. The van der Waals surface area contributed by atoms with Crippen LogP contribution in [0, 0.1) is 23.2 Å². The van der Waals surface area contributed by atoms with Crippen LogP contribution in [0.5, 0.6) is 0 Å². The summed E-state index contributed by atoms with van der Waals surface area (Å²) in [6.07, 6.45) is 2.86. The summed E-state index contributed by atoms with van der Waals surface area (Å²) in [4.78, 5) is 49.2. The Bertz CT molecular complexity index is 2330. The Labute approximate surface area is 311 Å². The van der Waals surface area contributed by atoms with Crippen molar-refractivity contribution in [3.8, 4) is 6.07 Å². The number of hydrogen-bond donors (Lipinski definition) is 2. The van der Waals surface area contributed by atoms with Crippen molar-refractivity contribution in [2.75, 3.05) is 31.7 Å². The van der Waals surface area contributed by atoms with Crippen LogP contribution >= 0.6 is 27.2 Å². The van der Waals surface area contributed by atoms with E-state index in [9.17, 15) is 18.8 Å². The summed E-state index contributed by atoms with van der Waals surface area (Å²) in [7, 11) is -9.06. The Kier molecular flexibility index (Phi) is 10.3. The zero-order valence-corrected chi connectivity index (χ0v) is 30.6. The number of phosphoric acid groups is 2. The van der Waals surface area contributed by atoms with E-state index >= 15 is 0 Å². The molecule has 8 atom stereocenters. The Morgan fingerprint density at radius 1 is 0.944 bits per heavy atom. The standard InChI is InChI=1S/C31H31ClN10O10P2/c32-27-25-29(36-14-34-27)41(16-38-25)21-9-19-11-50-54(46,47-8-4-7-33)52-22-10-24(51-23(22)13-49-53(44,45)48-12-20(19)21)42-17-39-26-28(35-15-37-30(26)42)40-31(43)18-5-2-1-3-6-18/h1-3,5-6,14-17,19-24H,4,8-13H2,(H,44,45)(H,35,37,40,43)/t19-,20-,21-,22+,23-,24-,54?/m1/s1. The molecule has 2 N–H and O–H groups in total. The SMILES string of the molecule is N#CCCOP1(=O)OC[C@H]2C[C@@H](n3cnc4c(Cl)ncnc43)[C@@H]2COP(=O)(O)OC[C@H]2O[C@@H](n3cnc4c(NC(=O)c5ccccc5)ncnc43)C[C@@H]2O1. The van der Waals surface area contributed by atoms with Crippen LogP contribution < -0.4 is 5.32 Å². The topological polar surface area (TPSA) is 250 Å². The first-order valence-corrected chi connectivity index (χ1v) is 20.0. The van der Waals surface area contributed by atoms with E-state index in [0.717, 1.165) is 0 Å². The number of halogens is 1. The summed E-state index contributed by atoms with van der Waals surface area (Å²) in [6, 6.07) is 10.2. The third-order valence-electron chi connectivity index (χ3n) is 9.44. The molecule has 1 amide bonds. The van der Waals surface area contributed by atoms with E-state index in [2.05, 4.69) is 35.2 Å². The van der Waals surface area contributed by atoms with Gasteiger partial charge in [-0.05, 0) is 24.5 Å². The van der Waals surface area contributed by atoms with Gasteiger partial charge in [0.1, 0.15) is 36.6 Å². The molecule has 23 heteroatoms. The predicted octanol–water partition coefficient (Wildman–Crippen LogP) is 4.62. The maximum Gasteiger partial charge on any atom is 0.475 e. The summed E-state index contributed by atoms with van der Waals surface area (Å²) in [5.41, 5.74) is 1.82. The molecule has 3 aliphatic rings. The van der Waals surface area contributed by atoms with Crippen LogP contribution in [0.4, 0.5) is 5.82 Å². The third-order valence-corrected chi connectivity index (χ3v) is 12.2. The molecule has 2 aliphatic heterocycles. The number of rotatable bonds is 7. The van der Waals surface area contributed by atoms with Crippen molar-refractivity contribution in [3.05, 3.63) is 66.4 Å². The number of phosphoric ester groups is 2. The van der Waals surface area contributed by atoms with Crippen molar-refractivity contribution in [1.82, 2.24) is 39.0 Å².